The van der Waals surface area contributed by atoms with Crippen LogP contribution in [0.4, 0.5) is 0 Å². The third kappa shape index (κ3) is 3.50. The lowest BCUT2D eigenvalue weighted by molar-refractivity contribution is 0.0953. The topological polar surface area (TPSA) is 64.1 Å². The fourth-order valence-corrected chi connectivity index (χ4v) is 3.86. The summed E-state index contributed by atoms with van der Waals surface area (Å²) in [7, 11) is 0. The Balaban J connectivity index is 1.71. The second-order valence-corrected chi connectivity index (χ2v) is 8.02. The average molecular weight is 375 g/mol. The number of carbonyl (C=O) groups excluding carboxylic acids is 1. The van der Waals surface area contributed by atoms with Gasteiger partial charge in [-0.3, -0.25) is 14.8 Å². The summed E-state index contributed by atoms with van der Waals surface area (Å²) in [6.07, 6.45) is 3.73. The van der Waals surface area contributed by atoms with E-state index < -0.39 is 5.41 Å². The Bertz CT molecular complexity index is 1040. The molecule has 1 N–H and O–H groups in total. The van der Waals surface area contributed by atoms with Crippen molar-refractivity contribution >= 4 is 16.6 Å². The van der Waals surface area contributed by atoms with Crippen LogP contribution in [-0.4, -0.2) is 28.9 Å². The number of hydrogen-bond donors (Lipinski definition) is 1. The molecule has 0 spiro atoms. The van der Waals surface area contributed by atoms with Crippen LogP contribution < -0.4 is 10.1 Å². The number of Topliss-reactive ketones (excluding diaryl/α,β-unsaturated/α-hetero) is 1. The largest absolute Gasteiger partial charge is 0.491 e. The van der Waals surface area contributed by atoms with Gasteiger partial charge in [0.05, 0.1) is 11.3 Å². The van der Waals surface area contributed by atoms with Crippen LogP contribution in [0.25, 0.3) is 10.8 Å². The van der Waals surface area contributed by atoms with Crippen molar-refractivity contribution < 1.29 is 9.53 Å². The van der Waals surface area contributed by atoms with Gasteiger partial charge in [-0.15, -0.1) is 0 Å². The zero-order valence-corrected chi connectivity index (χ0v) is 16.6. The molecular formula is C23H25N3O2. The van der Waals surface area contributed by atoms with Gasteiger partial charge >= 0.3 is 0 Å². The van der Waals surface area contributed by atoms with E-state index in [1.807, 2.05) is 19.1 Å². The van der Waals surface area contributed by atoms with Crippen molar-refractivity contribution in [3.05, 3.63) is 65.2 Å². The molecule has 4 rings (SSSR count). The van der Waals surface area contributed by atoms with Crippen molar-refractivity contribution in [1.82, 2.24) is 15.3 Å². The van der Waals surface area contributed by atoms with Gasteiger partial charge in [-0.05, 0) is 18.4 Å². The Kier molecular flexibility index (Phi) is 4.85. The number of fused-ring (bicyclic) bond motifs is 2. The summed E-state index contributed by atoms with van der Waals surface area (Å²) < 4.78 is 5.87. The van der Waals surface area contributed by atoms with Crippen molar-refractivity contribution in [1.29, 1.82) is 0 Å². The maximum atomic E-state index is 13.3. The summed E-state index contributed by atoms with van der Waals surface area (Å²) in [5.41, 5.74) is 2.98. The average Bonchev–Trinajstić information content (AvgIpc) is 2.92. The summed E-state index contributed by atoms with van der Waals surface area (Å²) in [4.78, 5) is 22.4. The fraction of sp³-hybridized carbons (Fsp3) is 0.348. The number of ketones is 1. The SMILES string of the molecule is Cc1cc2ccccc2c(C(C)(C)CC(=O)c2cncc3c2OCCNC3)n1. The van der Waals surface area contributed by atoms with Gasteiger partial charge in [0.2, 0.25) is 0 Å². The standard InChI is InChI=1S/C23H25N3O2/c1-15-10-16-6-4-5-7-18(16)22(26-15)23(2,3)11-20(27)19-14-25-13-17-12-24-8-9-28-21(17)19/h4-7,10,13-14,24H,8-9,11-12H2,1-3H3. The van der Waals surface area contributed by atoms with E-state index in [1.54, 1.807) is 12.4 Å². The van der Waals surface area contributed by atoms with E-state index in [0.717, 1.165) is 34.3 Å². The van der Waals surface area contributed by atoms with Crippen molar-refractivity contribution in [2.45, 2.75) is 39.2 Å². The number of nitrogens with zero attached hydrogens (tertiary/aromatic N) is 2. The van der Waals surface area contributed by atoms with Gasteiger partial charge in [0.1, 0.15) is 12.4 Å². The van der Waals surface area contributed by atoms with Crippen LogP contribution in [0.2, 0.25) is 0 Å². The first-order valence-corrected chi connectivity index (χ1v) is 9.66. The number of rotatable bonds is 4. The van der Waals surface area contributed by atoms with Crippen LogP contribution in [0.3, 0.4) is 0 Å². The lowest BCUT2D eigenvalue weighted by Crippen LogP contribution is -2.24. The number of pyridine rings is 2. The van der Waals surface area contributed by atoms with Crippen LogP contribution in [0, 0.1) is 6.92 Å². The summed E-state index contributed by atoms with van der Waals surface area (Å²) >= 11 is 0. The highest BCUT2D eigenvalue weighted by Crippen LogP contribution is 2.35. The third-order valence-corrected chi connectivity index (χ3v) is 5.22. The molecule has 5 heteroatoms. The Morgan fingerprint density at radius 3 is 2.93 bits per heavy atom. The number of nitrogens with one attached hydrogen (secondary N) is 1. The molecule has 1 aromatic carbocycles. The highest BCUT2D eigenvalue weighted by Gasteiger charge is 2.30. The van der Waals surface area contributed by atoms with E-state index in [4.69, 9.17) is 9.72 Å². The van der Waals surface area contributed by atoms with Crippen molar-refractivity contribution in [2.75, 3.05) is 13.2 Å². The molecule has 0 radical (unpaired) electrons. The highest BCUT2D eigenvalue weighted by molar-refractivity contribution is 6.00. The first kappa shape index (κ1) is 18.6. The number of ether oxygens (including phenoxy) is 1. The molecule has 1 aliphatic heterocycles. The van der Waals surface area contributed by atoms with Crippen LogP contribution in [0.15, 0.2) is 42.7 Å². The van der Waals surface area contributed by atoms with Crippen LogP contribution in [-0.2, 0) is 12.0 Å². The highest BCUT2D eigenvalue weighted by atomic mass is 16.5. The molecule has 0 amide bonds. The predicted molar refractivity (Wildman–Crippen MR) is 110 cm³/mol. The summed E-state index contributed by atoms with van der Waals surface area (Å²) in [5, 5.41) is 5.53. The minimum absolute atomic E-state index is 0.0311. The molecule has 0 aliphatic carbocycles. The predicted octanol–water partition coefficient (Wildman–Crippen LogP) is 3.97. The smallest absolute Gasteiger partial charge is 0.169 e. The first-order chi connectivity index (χ1) is 13.5. The van der Waals surface area contributed by atoms with Crippen molar-refractivity contribution in [3.8, 4) is 5.75 Å². The molecule has 28 heavy (non-hydrogen) atoms. The molecule has 2 aromatic heterocycles. The van der Waals surface area contributed by atoms with E-state index in [9.17, 15) is 4.79 Å². The van der Waals surface area contributed by atoms with Crippen LogP contribution >= 0.6 is 0 Å². The molecule has 0 atom stereocenters. The lowest BCUT2D eigenvalue weighted by Gasteiger charge is -2.26. The van der Waals surface area contributed by atoms with E-state index >= 15 is 0 Å². The second-order valence-electron chi connectivity index (χ2n) is 8.02. The molecule has 3 aromatic rings. The zero-order chi connectivity index (χ0) is 19.7. The molecular weight excluding hydrogens is 350 g/mol. The fourth-order valence-electron chi connectivity index (χ4n) is 3.86. The van der Waals surface area contributed by atoms with Gasteiger partial charge in [0.25, 0.3) is 0 Å². The van der Waals surface area contributed by atoms with Gasteiger partial charge in [-0.2, -0.15) is 0 Å². The molecule has 1 aliphatic rings. The van der Waals surface area contributed by atoms with Gasteiger partial charge in [-0.25, -0.2) is 0 Å². The first-order valence-electron chi connectivity index (χ1n) is 9.66. The van der Waals surface area contributed by atoms with Crippen molar-refractivity contribution in [2.24, 2.45) is 0 Å². The Morgan fingerprint density at radius 1 is 1.25 bits per heavy atom. The normalized spacial score (nSPS) is 14.2. The van der Waals surface area contributed by atoms with Crippen molar-refractivity contribution in [3.63, 3.8) is 0 Å². The van der Waals surface area contributed by atoms with Gasteiger partial charge in [-0.1, -0.05) is 38.1 Å². The zero-order valence-electron chi connectivity index (χ0n) is 16.6. The van der Waals surface area contributed by atoms with E-state index in [2.05, 4.69) is 42.3 Å². The summed E-state index contributed by atoms with van der Waals surface area (Å²) in [6.45, 7) is 8.12. The van der Waals surface area contributed by atoms with E-state index in [0.29, 0.717) is 30.9 Å². The Hall–Kier alpha value is -2.79. The molecule has 3 heterocycles. The monoisotopic (exact) mass is 375 g/mol. The van der Waals surface area contributed by atoms with E-state index in [-0.39, 0.29) is 5.78 Å². The number of hydrogen-bond acceptors (Lipinski definition) is 5. The molecule has 0 bridgehead atoms. The van der Waals surface area contributed by atoms with Crippen LogP contribution in [0.5, 0.6) is 5.75 Å². The molecule has 144 valence electrons. The molecule has 0 saturated heterocycles. The summed E-state index contributed by atoms with van der Waals surface area (Å²) in [5.74, 6) is 0.700. The maximum Gasteiger partial charge on any atom is 0.169 e. The summed E-state index contributed by atoms with van der Waals surface area (Å²) in [6, 6.07) is 10.3. The number of carbonyl (C=O) groups is 1. The minimum atomic E-state index is -0.422. The maximum absolute atomic E-state index is 13.3. The third-order valence-electron chi connectivity index (χ3n) is 5.22. The number of aryl methyl sites for hydroxylation is 1. The van der Waals surface area contributed by atoms with Gasteiger partial charge < -0.3 is 10.1 Å². The van der Waals surface area contributed by atoms with Gasteiger partial charge in [0, 0.05) is 54.0 Å². The second kappa shape index (κ2) is 7.32. The molecule has 0 fully saturated rings. The quantitative estimate of drug-likeness (QED) is 0.699. The number of benzene rings is 1. The van der Waals surface area contributed by atoms with Gasteiger partial charge in [0.15, 0.2) is 5.78 Å². The molecule has 0 unspecified atom stereocenters. The van der Waals surface area contributed by atoms with E-state index in [1.165, 1.54) is 0 Å². The Labute approximate surface area is 165 Å². The molecule has 0 saturated carbocycles. The lowest BCUT2D eigenvalue weighted by atomic mass is 9.80. The number of aromatic nitrogens is 2. The van der Waals surface area contributed by atoms with Crippen LogP contribution in [0.1, 0.15) is 47.6 Å². The Morgan fingerprint density at radius 2 is 2.07 bits per heavy atom. The molecule has 5 nitrogen and oxygen atoms in total. The minimum Gasteiger partial charge on any atom is -0.491 e.